The summed E-state index contributed by atoms with van der Waals surface area (Å²) in [5.41, 5.74) is 8.31. The monoisotopic (exact) mass is 151 g/mol. The van der Waals surface area contributed by atoms with E-state index in [4.69, 9.17) is 5.73 Å². The van der Waals surface area contributed by atoms with Crippen LogP contribution in [0, 0.1) is 16.2 Å². The fourth-order valence-corrected chi connectivity index (χ4v) is 3.99. The highest BCUT2D eigenvalue weighted by molar-refractivity contribution is 5.49. The molecule has 2 N–H and O–H groups in total. The van der Waals surface area contributed by atoms with Gasteiger partial charge in [0.2, 0.25) is 0 Å². The molecule has 0 aromatic rings. The first-order chi connectivity index (χ1) is 4.87. The minimum Gasteiger partial charge on any atom is -0.325 e. The minimum absolute atomic E-state index is 0.320. The first-order valence-corrected chi connectivity index (χ1v) is 4.66. The molecule has 0 amide bonds. The van der Waals surface area contributed by atoms with Gasteiger partial charge >= 0.3 is 0 Å². The van der Waals surface area contributed by atoms with Crippen LogP contribution >= 0.6 is 0 Å². The molecule has 3 saturated carbocycles. The summed E-state index contributed by atoms with van der Waals surface area (Å²) < 4.78 is 0. The van der Waals surface area contributed by atoms with Crippen LogP contribution in [0.2, 0.25) is 0 Å². The Labute approximate surface area is 68.3 Å². The first kappa shape index (κ1) is 6.47. The van der Waals surface area contributed by atoms with Crippen LogP contribution < -0.4 is 5.73 Å². The van der Waals surface area contributed by atoms with Gasteiger partial charge in [0.25, 0.3) is 0 Å². The molecule has 1 heteroatoms. The zero-order chi connectivity index (χ0) is 8.12. The van der Waals surface area contributed by atoms with Crippen LogP contribution in [0.1, 0.15) is 40.0 Å². The third kappa shape index (κ3) is 0.376. The summed E-state index contributed by atoms with van der Waals surface area (Å²) in [6.07, 6.45) is 4.07. The summed E-state index contributed by atoms with van der Waals surface area (Å²) in [4.78, 5) is 0. The molecule has 0 aromatic carbocycles. The molecular formula is C10H17N. The topological polar surface area (TPSA) is 26.0 Å². The Morgan fingerprint density at radius 2 is 1.73 bits per heavy atom. The van der Waals surface area contributed by atoms with Crippen LogP contribution in [0.4, 0.5) is 0 Å². The van der Waals surface area contributed by atoms with Crippen molar-refractivity contribution in [1.82, 2.24) is 0 Å². The highest BCUT2D eigenvalue weighted by atomic mass is 15.1. The molecule has 3 unspecified atom stereocenters. The van der Waals surface area contributed by atoms with Gasteiger partial charge in [-0.3, -0.25) is 0 Å². The molecule has 0 aromatic heterocycles. The normalized spacial score (nSPS) is 64.4. The van der Waals surface area contributed by atoms with Gasteiger partial charge < -0.3 is 5.73 Å². The summed E-state index contributed by atoms with van der Waals surface area (Å²) in [7, 11) is 0. The minimum atomic E-state index is 0.320. The van der Waals surface area contributed by atoms with Crippen LogP contribution in [0.3, 0.4) is 0 Å². The van der Waals surface area contributed by atoms with Gasteiger partial charge in [0.15, 0.2) is 0 Å². The maximum Gasteiger partial charge on any atom is 0.0229 e. The lowest BCUT2D eigenvalue weighted by Gasteiger charge is -2.41. The average molecular weight is 151 g/mol. The van der Waals surface area contributed by atoms with Gasteiger partial charge in [-0.15, -0.1) is 0 Å². The Balaban J connectivity index is 1.97. The van der Waals surface area contributed by atoms with Crippen molar-refractivity contribution in [3.05, 3.63) is 0 Å². The number of nitrogens with two attached hydrogens (primary N) is 1. The molecule has 1 nitrogen and oxygen atoms in total. The molecule has 0 radical (unpaired) electrons. The van der Waals surface area contributed by atoms with Gasteiger partial charge in [0.05, 0.1) is 0 Å². The third-order valence-electron chi connectivity index (χ3n) is 4.89. The van der Waals surface area contributed by atoms with E-state index >= 15 is 0 Å². The van der Waals surface area contributed by atoms with E-state index in [0.717, 1.165) is 0 Å². The van der Waals surface area contributed by atoms with Crippen molar-refractivity contribution >= 4 is 0 Å². The highest BCUT2D eigenvalue weighted by Gasteiger charge is 2.97. The van der Waals surface area contributed by atoms with Crippen molar-refractivity contribution in [2.24, 2.45) is 22.0 Å². The quantitative estimate of drug-likeness (QED) is 0.562. The molecule has 3 aliphatic rings. The lowest BCUT2D eigenvalue weighted by molar-refractivity contribution is 0.0952. The number of hydrogen-bond acceptors (Lipinski definition) is 1. The van der Waals surface area contributed by atoms with Crippen molar-refractivity contribution in [3.63, 3.8) is 0 Å². The summed E-state index contributed by atoms with van der Waals surface area (Å²) in [5.74, 6) is 0. The van der Waals surface area contributed by atoms with Gasteiger partial charge in [-0.05, 0) is 35.5 Å². The van der Waals surface area contributed by atoms with Crippen molar-refractivity contribution in [3.8, 4) is 0 Å². The Kier molecular flexibility index (Phi) is 0.647. The molecular weight excluding hydrogens is 134 g/mol. The Bertz CT molecular complexity index is 252. The predicted octanol–water partition coefficient (Wildman–Crippen LogP) is 1.91. The van der Waals surface area contributed by atoms with E-state index < -0.39 is 0 Å². The molecule has 3 atom stereocenters. The molecule has 62 valence electrons. The lowest BCUT2D eigenvalue weighted by atomic mass is 9.65. The second-order valence-corrected chi connectivity index (χ2v) is 6.10. The van der Waals surface area contributed by atoms with Gasteiger partial charge in [-0.25, -0.2) is 0 Å². The molecule has 3 fully saturated rings. The number of hydrogen-bond donors (Lipinski definition) is 1. The largest absolute Gasteiger partial charge is 0.325 e. The Morgan fingerprint density at radius 1 is 1.09 bits per heavy atom. The fourth-order valence-electron chi connectivity index (χ4n) is 3.99. The summed E-state index contributed by atoms with van der Waals surface area (Å²) >= 11 is 0. The first-order valence-electron chi connectivity index (χ1n) is 4.66. The lowest BCUT2D eigenvalue weighted by Crippen LogP contribution is -2.45. The Hall–Kier alpha value is -0.0400. The van der Waals surface area contributed by atoms with Crippen LogP contribution in [0.15, 0.2) is 0 Å². The van der Waals surface area contributed by atoms with E-state index in [1.165, 1.54) is 19.3 Å². The summed E-state index contributed by atoms with van der Waals surface area (Å²) in [6, 6.07) is 0. The fraction of sp³-hybridized carbons (Fsp3) is 1.00. The van der Waals surface area contributed by atoms with E-state index in [-0.39, 0.29) is 0 Å². The smallest absolute Gasteiger partial charge is 0.0229 e. The second kappa shape index (κ2) is 1.10. The SMILES string of the molecule is CC(C)(C)C12CC3(N)CC31C2. The molecule has 3 aliphatic carbocycles. The molecule has 0 heterocycles. The van der Waals surface area contributed by atoms with E-state index in [9.17, 15) is 0 Å². The average Bonchev–Trinajstić information content (AvgIpc) is 2.49. The third-order valence-corrected chi connectivity index (χ3v) is 4.89. The summed E-state index contributed by atoms with van der Waals surface area (Å²) in [5, 5.41) is 0. The highest BCUT2D eigenvalue weighted by Crippen LogP contribution is 2.98. The molecule has 3 rings (SSSR count). The van der Waals surface area contributed by atoms with E-state index in [1.54, 1.807) is 0 Å². The zero-order valence-corrected chi connectivity index (χ0v) is 7.70. The second-order valence-electron chi connectivity index (χ2n) is 6.10. The van der Waals surface area contributed by atoms with Crippen LogP contribution in [-0.2, 0) is 0 Å². The van der Waals surface area contributed by atoms with Crippen molar-refractivity contribution in [1.29, 1.82) is 0 Å². The van der Waals surface area contributed by atoms with Crippen molar-refractivity contribution < 1.29 is 0 Å². The molecule has 0 saturated heterocycles. The maximum absolute atomic E-state index is 6.15. The maximum atomic E-state index is 6.15. The van der Waals surface area contributed by atoms with Crippen LogP contribution in [0.5, 0.6) is 0 Å². The van der Waals surface area contributed by atoms with E-state index in [0.29, 0.717) is 21.8 Å². The van der Waals surface area contributed by atoms with E-state index in [1.807, 2.05) is 0 Å². The molecule has 0 bridgehead atoms. The number of rotatable bonds is 0. The molecule has 0 aliphatic heterocycles. The zero-order valence-electron chi connectivity index (χ0n) is 7.70. The molecule has 11 heavy (non-hydrogen) atoms. The van der Waals surface area contributed by atoms with Gasteiger partial charge in [-0.1, -0.05) is 20.8 Å². The predicted molar refractivity (Wildman–Crippen MR) is 45.1 cm³/mol. The van der Waals surface area contributed by atoms with Crippen LogP contribution in [-0.4, -0.2) is 5.54 Å². The van der Waals surface area contributed by atoms with Crippen molar-refractivity contribution in [2.75, 3.05) is 0 Å². The van der Waals surface area contributed by atoms with Gasteiger partial charge in [0.1, 0.15) is 0 Å². The van der Waals surface area contributed by atoms with Gasteiger partial charge in [-0.2, -0.15) is 0 Å². The Morgan fingerprint density at radius 3 is 1.82 bits per heavy atom. The molecule has 1 spiro atoms. The van der Waals surface area contributed by atoms with Crippen LogP contribution in [0.25, 0.3) is 0 Å². The summed E-state index contributed by atoms with van der Waals surface area (Å²) in [6.45, 7) is 7.12. The van der Waals surface area contributed by atoms with E-state index in [2.05, 4.69) is 20.8 Å². The van der Waals surface area contributed by atoms with Crippen molar-refractivity contribution in [2.45, 2.75) is 45.6 Å². The standard InChI is InChI=1S/C10H17N/c1-7(2,3)8-4-9(8)6-10(9,11)5-8/h4-6,11H2,1-3H3. The van der Waals surface area contributed by atoms with Gasteiger partial charge in [0, 0.05) is 5.54 Å².